The summed E-state index contributed by atoms with van der Waals surface area (Å²) in [6.07, 6.45) is 0. The van der Waals surface area contributed by atoms with Gasteiger partial charge in [0.1, 0.15) is 0 Å². The maximum absolute atomic E-state index is 5.74. The fraction of sp³-hybridized carbons (Fsp3) is 0.333. The molecular formula is C6H7Cl2N. The molecule has 1 rings (SSSR count). The van der Waals surface area contributed by atoms with Gasteiger partial charge in [-0.05, 0) is 13.8 Å². The number of nitrogens with one attached hydrogen (secondary N) is 1. The lowest BCUT2D eigenvalue weighted by molar-refractivity contribution is 1.19. The lowest BCUT2D eigenvalue weighted by Gasteiger charge is -1.82. The minimum atomic E-state index is 0.633. The van der Waals surface area contributed by atoms with Gasteiger partial charge in [0.25, 0.3) is 0 Å². The summed E-state index contributed by atoms with van der Waals surface area (Å²) in [7, 11) is 0. The van der Waals surface area contributed by atoms with Crippen LogP contribution in [0.4, 0.5) is 0 Å². The van der Waals surface area contributed by atoms with Crippen molar-refractivity contribution in [2.45, 2.75) is 13.8 Å². The van der Waals surface area contributed by atoms with Gasteiger partial charge in [-0.3, -0.25) is 0 Å². The summed E-state index contributed by atoms with van der Waals surface area (Å²) < 4.78 is 0. The number of aromatic amines is 1. The molecule has 3 heteroatoms. The lowest BCUT2D eigenvalue weighted by atomic mass is 10.4. The van der Waals surface area contributed by atoms with Crippen molar-refractivity contribution in [2.75, 3.05) is 0 Å². The van der Waals surface area contributed by atoms with E-state index in [2.05, 4.69) is 4.98 Å². The molecule has 1 N–H and O–H groups in total. The first kappa shape index (κ1) is 6.97. The molecule has 1 aromatic heterocycles. The highest BCUT2D eigenvalue weighted by Crippen LogP contribution is 2.27. The zero-order valence-corrected chi connectivity index (χ0v) is 6.77. The van der Waals surface area contributed by atoms with E-state index in [4.69, 9.17) is 23.2 Å². The third-order valence-electron chi connectivity index (χ3n) is 1.23. The second-order valence-corrected chi connectivity index (χ2v) is 2.76. The molecule has 0 radical (unpaired) electrons. The number of aryl methyl sites for hydroxylation is 2. The number of aromatic nitrogens is 1. The van der Waals surface area contributed by atoms with Crippen molar-refractivity contribution in [2.24, 2.45) is 0 Å². The third kappa shape index (κ3) is 1.07. The topological polar surface area (TPSA) is 15.8 Å². The first-order chi connectivity index (χ1) is 4.13. The molecular weight excluding hydrogens is 157 g/mol. The van der Waals surface area contributed by atoms with Gasteiger partial charge in [-0.25, -0.2) is 0 Å². The molecule has 9 heavy (non-hydrogen) atoms. The van der Waals surface area contributed by atoms with Gasteiger partial charge in [0, 0.05) is 11.4 Å². The van der Waals surface area contributed by atoms with Crippen LogP contribution in [0.1, 0.15) is 11.4 Å². The molecule has 0 aromatic carbocycles. The second kappa shape index (κ2) is 2.24. The molecule has 1 nitrogen and oxygen atoms in total. The molecule has 0 aliphatic carbocycles. The van der Waals surface area contributed by atoms with Crippen molar-refractivity contribution >= 4 is 23.2 Å². The molecule has 0 unspecified atom stereocenters. The van der Waals surface area contributed by atoms with Crippen LogP contribution in [0.3, 0.4) is 0 Å². The summed E-state index contributed by atoms with van der Waals surface area (Å²) in [5, 5.41) is 1.27. The van der Waals surface area contributed by atoms with E-state index in [0.717, 1.165) is 11.4 Å². The van der Waals surface area contributed by atoms with Gasteiger partial charge in [-0.2, -0.15) is 0 Å². The Morgan fingerprint density at radius 1 is 1.00 bits per heavy atom. The Kier molecular flexibility index (Phi) is 1.73. The van der Waals surface area contributed by atoms with Crippen LogP contribution in [0.15, 0.2) is 0 Å². The molecule has 0 aliphatic rings. The zero-order chi connectivity index (χ0) is 7.02. The van der Waals surface area contributed by atoms with Crippen molar-refractivity contribution < 1.29 is 0 Å². The molecule has 0 amide bonds. The highest BCUT2D eigenvalue weighted by Gasteiger charge is 2.05. The Balaban J connectivity index is 3.29. The largest absolute Gasteiger partial charge is 0.360 e. The molecule has 0 fully saturated rings. The number of hydrogen-bond donors (Lipinski definition) is 1. The monoisotopic (exact) mass is 163 g/mol. The van der Waals surface area contributed by atoms with Crippen molar-refractivity contribution in [3.8, 4) is 0 Å². The van der Waals surface area contributed by atoms with Crippen molar-refractivity contribution in [3.05, 3.63) is 21.4 Å². The molecule has 0 bridgehead atoms. The second-order valence-electron chi connectivity index (χ2n) is 2.00. The van der Waals surface area contributed by atoms with E-state index in [1.165, 1.54) is 0 Å². The van der Waals surface area contributed by atoms with Crippen LogP contribution >= 0.6 is 23.2 Å². The van der Waals surface area contributed by atoms with E-state index in [-0.39, 0.29) is 0 Å². The van der Waals surface area contributed by atoms with E-state index in [1.807, 2.05) is 13.8 Å². The molecule has 0 atom stereocenters. The Labute approximate surface area is 64.0 Å². The number of rotatable bonds is 0. The van der Waals surface area contributed by atoms with Gasteiger partial charge in [0.15, 0.2) is 0 Å². The van der Waals surface area contributed by atoms with Crippen LogP contribution in [0, 0.1) is 13.8 Å². The van der Waals surface area contributed by atoms with Crippen molar-refractivity contribution in [1.82, 2.24) is 4.98 Å². The summed E-state index contributed by atoms with van der Waals surface area (Å²) in [5.41, 5.74) is 1.86. The number of H-pyrrole nitrogens is 1. The Morgan fingerprint density at radius 3 is 1.44 bits per heavy atom. The van der Waals surface area contributed by atoms with E-state index in [0.29, 0.717) is 10.0 Å². The maximum atomic E-state index is 5.74. The average Bonchev–Trinajstić information content (AvgIpc) is 1.98. The molecule has 0 saturated heterocycles. The van der Waals surface area contributed by atoms with E-state index < -0.39 is 0 Å². The van der Waals surface area contributed by atoms with Crippen LogP contribution in [0.25, 0.3) is 0 Å². The Morgan fingerprint density at radius 2 is 1.33 bits per heavy atom. The van der Waals surface area contributed by atoms with Gasteiger partial charge in [-0.15, -0.1) is 0 Å². The van der Waals surface area contributed by atoms with Gasteiger partial charge in [-0.1, -0.05) is 23.2 Å². The van der Waals surface area contributed by atoms with Crippen LogP contribution in [0.5, 0.6) is 0 Å². The smallest absolute Gasteiger partial charge is 0.0799 e. The fourth-order valence-electron chi connectivity index (χ4n) is 0.720. The summed E-state index contributed by atoms with van der Waals surface area (Å²) in [4.78, 5) is 3.01. The fourth-order valence-corrected chi connectivity index (χ4v) is 1.10. The quantitative estimate of drug-likeness (QED) is 0.606. The SMILES string of the molecule is Cc1[nH]c(C)c(Cl)c1Cl. The van der Waals surface area contributed by atoms with Crippen LogP contribution < -0.4 is 0 Å². The molecule has 50 valence electrons. The van der Waals surface area contributed by atoms with E-state index in [9.17, 15) is 0 Å². The van der Waals surface area contributed by atoms with Crippen molar-refractivity contribution in [3.63, 3.8) is 0 Å². The first-order valence-electron chi connectivity index (χ1n) is 2.63. The standard InChI is InChI=1S/C6H7Cl2N/c1-3-5(7)6(8)4(2)9-3/h9H,1-2H3. The molecule has 0 spiro atoms. The van der Waals surface area contributed by atoms with Crippen LogP contribution in [0.2, 0.25) is 10.0 Å². The van der Waals surface area contributed by atoms with Gasteiger partial charge in [0.05, 0.1) is 10.0 Å². The molecule has 0 saturated carbocycles. The summed E-state index contributed by atoms with van der Waals surface area (Å²) in [6, 6.07) is 0. The van der Waals surface area contributed by atoms with Crippen LogP contribution in [-0.4, -0.2) is 4.98 Å². The average molecular weight is 164 g/mol. The Hall–Kier alpha value is -0.140. The molecule has 0 aliphatic heterocycles. The lowest BCUT2D eigenvalue weighted by Crippen LogP contribution is -1.69. The maximum Gasteiger partial charge on any atom is 0.0799 e. The Bertz CT molecular complexity index is 205. The predicted octanol–water partition coefficient (Wildman–Crippen LogP) is 2.94. The van der Waals surface area contributed by atoms with Gasteiger partial charge >= 0.3 is 0 Å². The normalized spacial score (nSPS) is 10.2. The zero-order valence-electron chi connectivity index (χ0n) is 5.26. The molecule has 1 heterocycles. The van der Waals surface area contributed by atoms with Crippen molar-refractivity contribution in [1.29, 1.82) is 0 Å². The number of halogens is 2. The highest BCUT2D eigenvalue weighted by atomic mass is 35.5. The number of hydrogen-bond acceptors (Lipinski definition) is 0. The minimum Gasteiger partial charge on any atom is -0.360 e. The van der Waals surface area contributed by atoms with E-state index >= 15 is 0 Å². The van der Waals surface area contributed by atoms with Gasteiger partial charge in [0.2, 0.25) is 0 Å². The predicted molar refractivity (Wildman–Crippen MR) is 40.3 cm³/mol. The first-order valence-corrected chi connectivity index (χ1v) is 3.38. The highest BCUT2D eigenvalue weighted by molar-refractivity contribution is 6.42. The molecule has 1 aromatic rings. The summed E-state index contributed by atoms with van der Waals surface area (Å²) >= 11 is 11.5. The van der Waals surface area contributed by atoms with E-state index in [1.54, 1.807) is 0 Å². The minimum absolute atomic E-state index is 0.633. The van der Waals surface area contributed by atoms with Crippen LogP contribution in [-0.2, 0) is 0 Å². The third-order valence-corrected chi connectivity index (χ3v) is 2.27. The summed E-state index contributed by atoms with van der Waals surface area (Å²) in [5.74, 6) is 0. The van der Waals surface area contributed by atoms with Gasteiger partial charge < -0.3 is 4.98 Å². The summed E-state index contributed by atoms with van der Waals surface area (Å²) in [6.45, 7) is 3.78.